The SMILES string of the molecule is Cc1c(Cc2ccc([N+](=O)[O-])cc2)nc(N)n1C. The van der Waals surface area contributed by atoms with Gasteiger partial charge in [0.1, 0.15) is 0 Å². The smallest absolute Gasteiger partial charge is 0.269 e. The number of imidazole rings is 1. The molecule has 6 heteroatoms. The van der Waals surface area contributed by atoms with E-state index in [2.05, 4.69) is 4.98 Å². The summed E-state index contributed by atoms with van der Waals surface area (Å²) in [5.74, 6) is 0.476. The van der Waals surface area contributed by atoms with E-state index in [1.165, 1.54) is 12.1 Å². The van der Waals surface area contributed by atoms with Crippen LogP contribution in [0.1, 0.15) is 17.0 Å². The molecule has 0 unspecified atom stereocenters. The molecule has 1 heterocycles. The quantitative estimate of drug-likeness (QED) is 0.660. The Balaban J connectivity index is 2.23. The molecule has 0 saturated carbocycles. The second kappa shape index (κ2) is 4.48. The molecule has 0 fully saturated rings. The molecule has 2 aromatic rings. The van der Waals surface area contributed by atoms with Crippen molar-refractivity contribution in [3.63, 3.8) is 0 Å². The minimum atomic E-state index is -0.409. The van der Waals surface area contributed by atoms with E-state index < -0.39 is 4.92 Å². The number of hydrogen-bond acceptors (Lipinski definition) is 4. The molecular weight excluding hydrogens is 232 g/mol. The number of hydrogen-bond donors (Lipinski definition) is 1. The third kappa shape index (κ3) is 2.17. The highest BCUT2D eigenvalue weighted by Crippen LogP contribution is 2.17. The fraction of sp³-hybridized carbons (Fsp3) is 0.250. The first-order chi connectivity index (χ1) is 8.49. The number of nitrogens with zero attached hydrogens (tertiary/aromatic N) is 3. The topological polar surface area (TPSA) is 87.0 Å². The predicted molar refractivity (Wildman–Crippen MR) is 68.3 cm³/mol. The van der Waals surface area contributed by atoms with Crippen molar-refractivity contribution < 1.29 is 4.92 Å². The molecule has 2 rings (SSSR count). The molecule has 0 spiro atoms. The first-order valence-electron chi connectivity index (χ1n) is 5.50. The number of nitro benzene ring substituents is 1. The summed E-state index contributed by atoms with van der Waals surface area (Å²) in [5, 5.41) is 10.5. The normalized spacial score (nSPS) is 10.6. The summed E-state index contributed by atoms with van der Waals surface area (Å²) in [6.45, 7) is 1.95. The molecule has 0 saturated heterocycles. The van der Waals surface area contributed by atoms with Crippen LogP contribution in [0.3, 0.4) is 0 Å². The molecule has 18 heavy (non-hydrogen) atoms. The lowest BCUT2D eigenvalue weighted by Gasteiger charge is -2.01. The van der Waals surface area contributed by atoms with Crippen LogP contribution in [0.2, 0.25) is 0 Å². The molecule has 2 N–H and O–H groups in total. The van der Waals surface area contributed by atoms with Crippen molar-refractivity contribution in [2.24, 2.45) is 7.05 Å². The third-order valence-electron chi connectivity index (χ3n) is 3.03. The second-order valence-electron chi connectivity index (χ2n) is 4.16. The first-order valence-corrected chi connectivity index (χ1v) is 5.50. The summed E-state index contributed by atoms with van der Waals surface area (Å²) in [6, 6.07) is 6.47. The highest BCUT2D eigenvalue weighted by atomic mass is 16.6. The maximum Gasteiger partial charge on any atom is 0.269 e. The standard InChI is InChI=1S/C12H14N4O2/c1-8-11(14-12(13)15(8)2)7-9-3-5-10(6-4-9)16(17)18/h3-6H,7H2,1-2H3,(H2,13,14). The minimum Gasteiger partial charge on any atom is -0.369 e. The van der Waals surface area contributed by atoms with E-state index >= 15 is 0 Å². The van der Waals surface area contributed by atoms with Crippen molar-refractivity contribution >= 4 is 11.6 Å². The molecule has 0 atom stereocenters. The van der Waals surface area contributed by atoms with Gasteiger partial charge in [0.2, 0.25) is 0 Å². The Morgan fingerprint density at radius 2 is 2.00 bits per heavy atom. The van der Waals surface area contributed by atoms with Gasteiger partial charge in [0.05, 0.1) is 10.6 Å². The summed E-state index contributed by atoms with van der Waals surface area (Å²) in [7, 11) is 1.86. The Labute approximate surface area is 104 Å². The number of aromatic nitrogens is 2. The fourth-order valence-electron chi connectivity index (χ4n) is 1.76. The van der Waals surface area contributed by atoms with Gasteiger partial charge in [-0.15, -0.1) is 0 Å². The van der Waals surface area contributed by atoms with Crippen LogP contribution >= 0.6 is 0 Å². The lowest BCUT2D eigenvalue weighted by Crippen LogP contribution is -1.98. The lowest BCUT2D eigenvalue weighted by molar-refractivity contribution is -0.384. The molecular formula is C12H14N4O2. The van der Waals surface area contributed by atoms with Crippen LogP contribution in [-0.2, 0) is 13.5 Å². The largest absolute Gasteiger partial charge is 0.369 e. The van der Waals surface area contributed by atoms with Crippen LogP contribution in [-0.4, -0.2) is 14.5 Å². The van der Waals surface area contributed by atoms with Gasteiger partial charge in [-0.3, -0.25) is 10.1 Å². The number of nitrogen functional groups attached to an aromatic ring is 1. The third-order valence-corrected chi connectivity index (χ3v) is 3.03. The highest BCUT2D eigenvalue weighted by molar-refractivity contribution is 5.36. The number of nitrogens with two attached hydrogens (primary N) is 1. The molecule has 0 radical (unpaired) electrons. The average molecular weight is 246 g/mol. The molecule has 94 valence electrons. The van der Waals surface area contributed by atoms with E-state index in [4.69, 9.17) is 5.73 Å². The van der Waals surface area contributed by atoms with Crippen molar-refractivity contribution in [1.82, 2.24) is 9.55 Å². The van der Waals surface area contributed by atoms with Gasteiger partial charge in [-0.25, -0.2) is 4.98 Å². The van der Waals surface area contributed by atoms with Gasteiger partial charge < -0.3 is 10.3 Å². The molecule has 0 amide bonds. The monoisotopic (exact) mass is 246 g/mol. The predicted octanol–water partition coefficient (Wildman–Crippen LogP) is 1.81. The number of anilines is 1. The zero-order chi connectivity index (χ0) is 13.3. The van der Waals surface area contributed by atoms with E-state index in [1.807, 2.05) is 18.5 Å². The van der Waals surface area contributed by atoms with Gasteiger partial charge in [0.15, 0.2) is 5.95 Å². The zero-order valence-corrected chi connectivity index (χ0v) is 10.3. The molecule has 0 aliphatic rings. The summed E-state index contributed by atoms with van der Waals surface area (Å²) in [5.41, 5.74) is 8.69. The summed E-state index contributed by atoms with van der Waals surface area (Å²) in [6.07, 6.45) is 0.620. The Morgan fingerprint density at radius 3 is 2.44 bits per heavy atom. The van der Waals surface area contributed by atoms with Crippen LogP contribution in [0.15, 0.2) is 24.3 Å². The summed E-state index contributed by atoms with van der Waals surface area (Å²) in [4.78, 5) is 14.4. The van der Waals surface area contributed by atoms with E-state index in [-0.39, 0.29) is 5.69 Å². The number of rotatable bonds is 3. The van der Waals surface area contributed by atoms with Crippen molar-refractivity contribution in [3.8, 4) is 0 Å². The lowest BCUT2D eigenvalue weighted by atomic mass is 10.1. The van der Waals surface area contributed by atoms with Crippen LogP contribution < -0.4 is 5.73 Å². The minimum absolute atomic E-state index is 0.0935. The van der Waals surface area contributed by atoms with Gasteiger partial charge in [0.25, 0.3) is 5.69 Å². The Hall–Kier alpha value is -2.37. The number of nitro groups is 1. The summed E-state index contributed by atoms with van der Waals surface area (Å²) < 4.78 is 1.82. The Morgan fingerprint density at radius 1 is 1.39 bits per heavy atom. The van der Waals surface area contributed by atoms with Crippen LogP contribution in [0, 0.1) is 17.0 Å². The second-order valence-corrected chi connectivity index (χ2v) is 4.16. The van der Waals surface area contributed by atoms with Crippen molar-refractivity contribution in [2.75, 3.05) is 5.73 Å². The van der Waals surface area contributed by atoms with Gasteiger partial charge >= 0.3 is 0 Å². The Kier molecular flexibility index (Phi) is 3.01. The maximum atomic E-state index is 10.5. The number of non-ortho nitro benzene ring substituents is 1. The molecule has 0 aliphatic carbocycles. The van der Waals surface area contributed by atoms with E-state index in [0.717, 1.165) is 17.0 Å². The molecule has 1 aromatic heterocycles. The van der Waals surface area contributed by atoms with Gasteiger partial charge in [-0.2, -0.15) is 0 Å². The number of benzene rings is 1. The van der Waals surface area contributed by atoms with Crippen LogP contribution in [0.25, 0.3) is 0 Å². The van der Waals surface area contributed by atoms with Crippen LogP contribution in [0.4, 0.5) is 11.6 Å². The molecule has 1 aromatic carbocycles. The molecule has 0 aliphatic heterocycles. The van der Waals surface area contributed by atoms with Gasteiger partial charge in [0, 0.05) is 31.3 Å². The maximum absolute atomic E-state index is 10.5. The molecule has 0 bridgehead atoms. The first kappa shape index (κ1) is 12.1. The van der Waals surface area contributed by atoms with Gasteiger partial charge in [-0.1, -0.05) is 12.1 Å². The zero-order valence-electron chi connectivity index (χ0n) is 10.3. The van der Waals surface area contributed by atoms with Crippen LogP contribution in [0.5, 0.6) is 0 Å². The van der Waals surface area contributed by atoms with Crippen molar-refractivity contribution in [1.29, 1.82) is 0 Å². The summed E-state index contributed by atoms with van der Waals surface area (Å²) >= 11 is 0. The van der Waals surface area contributed by atoms with Crippen molar-refractivity contribution in [3.05, 3.63) is 51.3 Å². The van der Waals surface area contributed by atoms with E-state index in [9.17, 15) is 10.1 Å². The fourth-order valence-corrected chi connectivity index (χ4v) is 1.76. The average Bonchev–Trinajstić information content (AvgIpc) is 2.58. The van der Waals surface area contributed by atoms with Crippen molar-refractivity contribution in [2.45, 2.75) is 13.3 Å². The highest BCUT2D eigenvalue weighted by Gasteiger charge is 2.10. The van der Waals surface area contributed by atoms with E-state index in [1.54, 1.807) is 12.1 Å². The van der Waals surface area contributed by atoms with E-state index in [0.29, 0.717) is 12.4 Å². The Bertz CT molecular complexity index is 587. The molecule has 6 nitrogen and oxygen atoms in total. The van der Waals surface area contributed by atoms with Gasteiger partial charge in [-0.05, 0) is 12.5 Å².